The van der Waals surface area contributed by atoms with Crippen molar-refractivity contribution < 1.29 is 9.50 Å². The standard InChI is InChI=1S/C27H32FN3OS/c28-23-8-4-20(5-9-23)10-14-30-15-11-24(12-16-30)31-13-2-1-3-21-6-7-22(17-25(21)31)27(32)26-18-29-19-33-26/h4-9,17-19,24,27,32H,1-3,10-16H2. The van der Waals surface area contributed by atoms with Gasteiger partial charge in [0.05, 0.1) is 10.4 Å². The van der Waals surface area contributed by atoms with Gasteiger partial charge in [0.1, 0.15) is 11.9 Å². The minimum Gasteiger partial charge on any atom is -0.383 e. The molecule has 3 heterocycles. The van der Waals surface area contributed by atoms with Crippen molar-refractivity contribution in [3.05, 3.63) is 81.6 Å². The molecule has 2 aliphatic rings. The van der Waals surface area contributed by atoms with Crippen LogP contribution in [0.25, 0.3) is 0 Å². The number of aromatic nitrogens is 1. The molecule has 0 saturated carbocycles. The van der Waals surface area contributed by atoms with E-state index in [9.17, 15) is 9.50 Å². The van der Waals surface area contributed by atoms with Crippen molar-refractivity contribution in [3.63, 3.8) is 0 Å². The van der Waals surface area contributed by atoms with E-state index in [1.165, 1.54) is 41.0 Å². The molecule has 5 rings (SSSR count). The predicted molar refractivity (Wildman–Crippen MR) is 132 cm³/mol. The Balaban J connectivity index is 1.25. The van der Waals surface area contributed by atoms with Gasteiger partial charge in [0, 0.05) is 44.1 Å². The number of likely N-dealkylation sites (tertiary alicyclic amines) is 1. The van der Waals surface area contributed by atoms with Crippen molar-refractivity contribution in [2.75, 3.05) is 31.1 Å². The number of hydrogen-bond donors (Lipinski definition) is 1. The van der Waals surface area contributed by atoms with Crippen LogP contribution in [-0.2, 0) is 12.8 Å². The Morgan fingerprint density at radius 2 is 1.88 bits per heavy atom. The molecule has 1 atom stereocenters. The maximum atomic E-state index is 13.1. The second kappa shape index (κ2) is 10.3. The lowest BCUT2D eigenvalue weighted by Crippen LogP contribution is -2.46. The third-order valence-electron chi connectivity index (χ3n) is 7.18. The largest absolute Gasteiger partial charge is 0.383 e. The molecule has 3 aromatic rings. The van der Waals surface area contributed by atoms with E-state index < -0.39 is 6.10 Å². The van der Waals surface area contributed by atoms with Crippen molar-refractivity contribution in [1.29, 1.82) is 0 Å². The topological polar surface area (TPSA) is 39.6 Å². The SMILES string of the molecule is OC(c1ccc2c(c1)N(C1CCN(CCc3ccc(F)cc3)CC1)CCCC2)c1cncs1. The summed E-state index contributed by atoms with van der Waals surface area (Å²) in [4.78, 5) is 10.2. The lowest BCUT2D eigenvalue weighted by molar-refractivity contribution is 0.210. The molecule has 1 unspecified atom stereocenters. The molecule has 4 nitrogen and oxygen atoms in total. The minimum atomic E-state index is -0.610. The van der Waals surface area contributed by atoms with Crippen LogP contribution in [-0.4, -0.2) is 47.2 Å². The van der Waals surface area contributed by atoms with Gasteiger partial charge in [-0.15, -0.1) is 11.3 Å². The Hall–Kier alpha value is -2.28. The van der Waals surface area contributed by atoms with Crippen LogP contribution in [0.2, 0.25) is 0 Å². The molecule has 0 bridgehead atoms. The third kappa shape index (κ3) is 5.29. The molecule has 1 N–H and O–H groups in total. The van der Waals surface area contributed by atoms with Crippen LogP contribution >= 0.6 is 11.3 Å². The molecule has 6 heteroatoms. The van der Waals surface area contributed by atoms with Crippen LogP contribution in [0.15, 0.2) is 54.2 Å². The van der Waals surface area contributed by atoms with Gasteiger partial charge in [-0.05, 0) is 73.4 Å². The summed E-state index contributed by atoms with van der Waals surface area (Å²) < 4.78 is 13.1. The van der Waals surface area contributed by atoms with E-state index in [4.69, 9.17) is 0 Å². The first-order valence-electron chi connectivity index (χ1n) is 12.1. The van der Waals surface area contributed by atoms with Crippen molar-refractivity contribution in [2.45, 2.75) is 50.7 Å². The summed E-state index contributed by atoms with van der Waals surface area (Å²) in [5.74, 6) is -0.167. The fourth-order valence-corrected chi connectivity index (χ4v) is 5.88. The van der Waals surface area contributed by atoms with Gasteiger partial charge in [0.15, 0.2) is 0 Å². The van der Waals surface area contributed by atoms with E-state index in [-0.39, 0.29) is 5.82 Å². The lowest BCUT2D eigenvalue weighted by atomic mass is 9.98. The maximum Gasteiger partial charge on any atom is 0.123 e. The number of piperidine rings is 1. The summed E-state index contributed by atoms with van der Waals surface area (Å²) in [6, 6.07) is 14.0. The quantitative estimate of drug-likeness (QED) is 0.542. The van der Waals surface area contributed by atoms with Crippen molar-refractivity contribution in [3.8, 4) is 0 Å². The molecular weight excluding hydrogens is 433 g/mol. The Bertz CT molecular complexity index is 1030. The first-order chi connectivity index (χ1) is 16.2. The maximum absolute atomic E-state index is 13.1. The van der Waals surface area contributed by atoms with Crippen LogP contribution < -0.4 is 4.90 Å². The number of rotatable bonds is 6. The molecule has 1 aromatic heterocycles. The number of thiazole rings is 1. The van der Waals surface area contributed by atoms with E-state index in [0.29, 0.717) is 6.04 Å². The van der Waals surface area contributed by atoms with Crippen molar-refractivity contribution >= 4 is 17.0 Å². The first-order valence-corrected chi connectivity index (χ1v) is 13.0. The van der Waals surface area contributed by atoms with Gasteiger partial charge in [0.25, 0.3) is 0 Å². The number of nitrogens with zero attached hydrogens (tertiary/aromatic N) is 3. The number of benzene rings is 2. The van der Waals surface area contributed by atoms with E-state index >= 15 is 0 Å². The average Bonchev–Trinajstić information content (AvgIpc) is 3.31. The fourth-order valence-electron chi connectivity index (χ4n) is 5.24. The zero-order valence-corrected chi connectivity index (χ0v) is 19.8. The van der Waals surface area contributed by atoms with Gasteiger partial charge in [0.2, 0.25) is 0 Å². The Labute approximate surface area is 199 Å². The van der Waals surface area contributed by atoms with Crippen LogP contribution in [0.4, 0.5) is 10.1 Å². The molecule has 0 aliphatic carbocycles. The fraction of sp³-hybridized carbons (Fsp3) is 0.444. The average molecular weight is 466 g/mol. The van der Waals surface area contributed by atoms with Gasteiger partial charge in [-0.3, -0.25) is 4.98 Å². The Morgan fingerprint density at radius 3 is 2.64 bits per heavy atom. The molecule has 0 spiro atoms. The van der Waals surface area contributed by atoms with Crippen LogP contribution in [0.1, 0.15) is 53.4 Å². The van der Waals surface area contributed by atoms with Gasteiger partial charge < -0.3 is 14.9 Å². The highest BCUT2D eigenvalue weighted by Crippen LogP contribution is 2.35. The summed E-state index contributed by atoms with van der Waals surface area (Å²) in [6.07, 6.45) is 7.98. The summed E-state index contributed by atoms with van der Waals surface area (Å²) in [5, 5.41) is 10.9. The molecule has 2 aliphatic heterocycles. The highest BCUT2D eigenvalue weighted by molar-refractivity contribution is 7.09. The number of halogens is 1. The minimum absolute atomic E-state index is 0.167. The lowest BCUT2D eigenvalue weighted by Gasteiger charge is -2.40. The number of hydrogen-bond acceptors (Lipinski definition) is 5. The zero-order chi connectivity index (χ0) is 22.6. The second-order valence-corrected chi connectivity index (χ2v) is 10.2. The molecule has 1 fully saturated rings. The Kier molecular flexibility index (Phi) is 7.04. The van der Waals surface area contributed by atoms with Gasteiger partial charge in [-0.2, -0.15) is 0 Å². The number of fused-ring (bicyclic) bond motifs is 1. The Morgan fingerprint density at radius 1 is 1.06 bits per heavy atom. The van der Waals surface area contributed by atoms with Gasteiger partial charge in [-0.1, -0.05) is 24.3 Å². The van der Waals surface area contributed by atoms with Crippen molar-refractivity contribution in [2.24, 2.45) is 0 Å². The summed E-state index contributed by atoms with van der Waals surface area (Å²) in [6.45, 7) is 4.31. The third-order valence-corrected chi connectivity index (χ3v) is 8.01. The van der Waals surface area contributed by atoms with E-state index in [0.717, 1.165) is 62.3 Å². The molecular formula is C27H32FN3OS. The highest BCUT2D eigenvalue weighted by Gasteiger charge is 2.28. The molecule has 174 valence electrons. The van der Waals surface area contributed by atoms with E-state index in [1.54, 1.807) is 23.8 Å². The van der Waals surface area contributed by atoms with Crippen LogP contribution in [0.5, 0.6) is 0 Å². The monoisotopic (exact) mass is 465 g/mol. The summed E-state index contributed by atoms with van der Waals surface area (Å²) >= 11 is 1.50. The molecule has 0 radical (unpaired) electrons. The van der Waals surface area contributed by atoms with Crippen LogP contribution in [0.3, 0.4) is 0 Å². The van der Waals surface area contributed by atoms with Crippen molar-refractivity contribution in [1.82, 2.24) is 9.88 Å². The number of aliphatic hydroxyl groups is 1. The smallest absolute Gasteiger partial charge is 0.123 e. The normalized spacial score (nSPS) is 18.7. The summed E-state index contributed by atoms with van der Waals surface area (Å²) in [5.41, 5.74) is 6.66. The van der Waals surface area contributed by atoms with Gasteiger partial charge in [-0.25, -0.2) is 4.39 Å². The van der Waals surface area contributed by atoms with Crippen LogP contribution in [0, 0.1) is 5.82 Å². The summed E-state index contributed by atoms with van der Waals surface area (Å²) in [7, 11) is 0. The molecule has 1 saturated heterocycles. The van der Waals surface area contributed by atoms with E-state index in [1.807, 2.05) is 12.1 Å². The highest BCUT2D eigenvalue weighted by atomic mass is 32.1. The molecule has 2 aromatic carbocycles. The zero-order valence-electron chi connectivity index (χ0n) is 19.0. The van der Waals surface area contributed by atoms with E-state index in [2.05, 4.69) is 33.0 Å². The van der Waals surface area contributed by atoms with Gasteiger partial charge >= 0.3 is 0 Å². The first kappa shape index (κ1) is 22.5. The predicted octanol–water partition coefficient (Wildman–Crippen LogP) is 5.21. The number of anilines is 1. The second-order valence-electron chi connectivity index (χ2n) is 9.29. The molecule has 33 heavy (non-hydrogen) atoms. The molecule has 0 amide bonds. The number of aliphatic hydroxyl groups excluding tert-OH is 1. The number of aryl methyl sites for hydroxylation is 1.